The van der Waals surface area contributed by atoms with Crippen LogP contribution in [0.2, 0.25) is 0 Å². The van der Waals surface area contributed by atoms with Gasteiger partial charge in [-0.25, -0.2) is 4.79 Å². The largest absolute Gasteiger partial charge is 0.480 e. The van der Waals surface area contributed by atoms with Crippen LogP contribution >= 0.6 is 0 Å². The summed E-state index contributed by atoms with van der Waals surface area (Å²) in [5.74, 6) is -1.50. The van der Waals surface area contributed by atoms with Gasteiger partial charge in [-0.05, 0) is 17.7 Å². The number of nitrogens with two attached hydrogens (primary N) is 1. The maximum atomic E-state index is 12.0. The van der Waals surface area contributed by atoms with Crippen molar-refractivity contribution in [3.05, 3.63) is 71.0 Å². The Bertz CT molecular complexity index is 1110. The number of hydrogen-bond acceptors (Lipinski definition) is 5. The molecule has 0 saturated carbocycles. The molecule has 0 fully saturated rings. The van der Waals surface area contributed by atoms with E-state index in [-0.39, 0.29) is 12.3 Å². The van der Waals surface area contributed by atoms with E-state index in [1.807, 2.05) is 40.9 Å². The number of oxime groups is 1. The van der Waals surface area contributed by atoms with Crippen molar-refractivity contribution in [1.29, 1.82) is 0 Å². The summed E-state index contributed by atoms with van der Waals surface area (Å²) in [6.45, 7) is -0.332. The van der Waals surface area contributed by atoms with Crippen molar-refractivity contribution in [2.45, 2.75) is 13.0 Å². The second-order valence-electron chi connectivity index (χ2n) is 6.31. The van der Waals surface area contributed by atoms with Crippen molar-refractivity contribution in [1.82, 2.24) is 4.40 Å². The average molecular weight is 649 g/mol. The quantitative estimate of drug-likeness (QED) is 0.422. The first-order valence-corrected chi connectivity index (χ1v) is 8.59. The molecule has 3 N–H and O–H groups in total. The number of fused-ring (bicyclic) bond motifs is 3. The molecule has 29 heavy (non-hydrogen) atoms. The van der Waals surface area contributed by atoms with Gasteiger partial charge in [-0.3, -0.25) is 4.79 Å². The molecular formula is C20H17BhN3O5. The van der Waals surface area contributed by atoms with Crippen LogP contribution in [0, 0.1) is 0 Å². The van der Waals surface area contributed by atoms with Gasteiger partial charge >= 0.3 is 5.97 Å². The number of primary amides is 1. The molecule has 0 spiro atoms. The summed E-state index contributed by atoms with van der Waals surface area (Å²) in [4.78, 5) is 28.2. The Morgan fingerprint density at radius 1 is 1.21 bits per heavy atom. The van der Waals surface area contributed by atoms with E-state index >= 15 is 0 Å². The number of pyridine rings is 1. The van der Waals surface area contributed by atoms with E-state index in [1.165, 1.54) is 0 Å². The van der Waals surface area contributed by atoms with Crippen molar-refractivity contribution >= 4 is 23.1 Å². The van der Waals surface area contributed by atoms with E-state index in [9.17, 15) is 9.59 Å². The third-order valence-electron chi connectivity index (χ3n) is 4.54. The summed E-state index contributed by atoms with van der Waals surface area (Å²) in [6.07, 6.45) is 2.41. The molecule has 2 aromatic heterocycles. The van der Waals surface area contributed by atoms with Crippen LogP contribution in [-0.4, -0.2) is 33.7 Å². The minimum atomic E-state index is -1.10. The standard InChI is InChI=1S/C20H17N3O5.Bh/c21-20(26)18-17-13(10-28-22-18)14(9-12-5-2-1-3-6-12)23-8-4-7-15(19(17)23)27-11-16(24)25;/h1-8H,9-11H2,(H2,21,26)(H,24,25);. The van der Waals surface area contributed by atoms with Crippen LogP contribution in [0.15, 0.2) is 53.8 Å². The molecule has 0 atom stereocenters. The molecular weight excluding hydrogens is 632 g/mol. The molecule has 8 nitrogen and oxygen atoms in total. The van der Waals surface area contributed by atoms with Crippen molar-refractivity contribution in [3.8, 4) is 5.75 Å². The van der Waals surface area contributed by atoms with Crippen LogP contribution in [0.25, 0.3) is 5.52 Å². The fraction of sp³-hybridized carbons (Fsp3) is 0.150. The van der Waals surface area contributed by atoms with E-state index < -0.39 is 18.5 Å². The van der Waals surface area contributed by atoms with Gasteiger partial charge in [0.25, 0.3) is 5.91 Å². The molecule has 0 aliphatic carbocycles. The van der Waals surface area contributed by atoms with Gasteiger partial charge < -0.3 is 24.8 Å². The molecule has 3 aromatic rings. The van der Waals surface area contributed by atoms with Crippen LogP contribution < -0.4 is 10.5 Å². The summed E-state index contributed by atoms with van der Waals surface area (Å²) in [7, 11) is 0. The Morgan fingerprint density at radius 2 is 1.97 bits per heavy atom. The zero-order valence-corrected chi connectivity index (χ0v) is 22.0. The van der Waals surface area contributed by atoms with Gasteiger partial charge in [0, 0.05) is 29.4 Å². The Kier molecular flexibility index (Phi) is 4.86. The minimum Gasteiger partial charge on any atom is -0.480 e. The predicted molar refractivity (Wildman–Crippen MR) is 100 cm³/mol. The van der Waals surface area contributed by atoms with Gasteiger partial charge in [0.15, 0.2) is 12.3 Å². The van der Waals surface area contributed by atoms with Crippen molar-refractivity contribution in [3.63, 3.8) is 0 Å². The molecule has 1 aliphatic heterocycles. The van der Waals surface area contributed by atoms with Gasteiger partial charge in [0.2, 0.25) is 0 Å². The molecule has 0 saturated heterocycles. The molecule has 1 aromatic carbocycles. The molecule has 3 heterocycles. The number of ether oxygens (including phenoxy) is 1. The number of carbonyl (C=O) groups excluding carboxylic acids is 1. The molecule has 0 unspecified atom stereocenters. The zero-order chi connectivity index (χ0) is 19.7. The van der Waals surface area contributed by atoms with Crippen LogP contribution in [-0.2, 0) is 27.5 Å². The van der Waals surface area contributed by atoms with Crippen LogP contribution in [0.5, 0.6) is 5.75 Å². The normalized spacial score (nSPS) is 12.3. The number of benzene rings is 1. The van der Waals surface area contributed by atoms with Crippen molar-refractivity contribution in [2.24, 2.45) is 10.9 Å². The Balaban J connectivity index is 0.00000240. The Hall–Kier alpha value is -4.81. The Labute approximate surface area is 159 Å². The van der Waals surface area contributed by atoms with Crippen LogP contribution in [0.4, 0.5) is 0 Å². The second-order valence-corrected chi connectivity index (χ2v) is 6.31. The van der Waals surface area contributed by atoms with Gasteiger partial charge in [-0.15, -0.1) is 0 Å². The molecule has 0 bridgehead atoms. The molecule has 9 heteroatoms. The van der Waals surface area contributed by atoms with E-state index in [0.29, 0.717) is 23.3 Å². The first-order chi connectivity index (χ1) is 13.6. The topological polar surface area (TPSA) is 116 Å². The average Bonchev–Trinajstić information content (AvgIpc) is 3.01. The van der Waals surface area contributed by atoms with Crippen LogP contribution in [0.1, 0.15) is 22.4 Å². The molecule has 4 rings (SSSR count). The molecule has 1 amide bonds. The number of hydrogen-bond donors (Lipinski definition) is 2. The number of amides is 1. The monoisotopic (exact) mass is 649 g/mol. The fourth-order valence-corrected chi connectivity index (χ4v) is 3.41. The van der Waals surface area contributed by atoms with Gasteiger partial charge in [0.05, 0.1) is 5.52 Å². The third kappa shape index (κ3) is 3.30. The molecule has 144 valence electrons. The third-order valence-corrected chi connectivity index (χ3v) is 4.54. The maximum absolute atomic E-state index is 12.0. The number of carbonyl (C=O) groups is 2. The van der Waals surface area contributed by atoms with Crippen molar-refractivity contribution in [2.75, 3.05) is 6.61 Å². The van der Waals surface area contributed by atoms with Crippen LogP contribution in [0.3, 0.4) is 0 Å². The number of aliphatic carboxylic acids is 1. The molecule has 1 aliphatic rings. The Morgan fingerprint density at radius 3 is 2.66 bits per heavy atom. The fourth-order valence-electron chi connectivity index (χ4n) is 3.41. The molecule has 0 radical (unpaired) electrons. The van der Waals surface area contributed by atoms with Gasteiger partial charge in [-0.2, -0.15) is 0 Å². The van der Waals surface area contributed by atoms with E-state index in [4.69, 9.17) is 20.4 Å². The summed E-state index contributed by atoms with van der Waals surface area (Å²) >= 11 is 0. The maximum Gasteiger partial charge on any atom is 0.341 e. The summed E-state index contributed by atoms with van der Waals surface area (Å²) in [5.41, 5.74) is 9.31. The summed E-state index contributed by atoms with van der Waals surface area (Å²) in [6, 6.07) is 13.3. The predicted octanol–water partition coefficient (Wildman–Crippen LogP) is 1.71. The first-order valence-electron chi connectivity index (χ1n) is 8.59. The number of carboxylic acids is 1. The van der Waals surface area contributed by atoms with Crippen molar-refractivity contribution < 1.29 is 24.3 Å². The summed E-state index contributed by atoms with van der Waals surface area (Å²) < 4.78 is 7.35. The SMILES string of the molecule is NC(=O)C1=NOCc2c1c1c(OCC(=O)O)cccn1c2Cc1ccccc1.[Bh]. The number of rotatable bonds is 6. The van der Waals surface area contributed by atoms with E-state index in [2.05, 4.69) is 5.16 Å². The second kappa shape index (κ2) is 7.43. The smallest absolute Gasteiger partial charge is 0.341 e. The summed E-state index contributed by atoms with van der Waals surface area (Å²) in [5, 5.41) is 12.8. The van der Waals surface area contributed by atoms with E-state index in [1.54, 1.807) is 12.1 Å². The first kappa shape index (κ1) is 19.0. The van der Waals surface area contributed by atoms with Gasteiger partial charge in [0.1, 0.15) is 12.4 Å². The number of nitrogens with zero attached hydrogens (tertiary/aromatic N) is 2. The number of aromatic nitrogens is 1. The number of carboxylic acid groups (broad SMARTS) is 1. The van der Waals surface area contributed by atoms with E-state index in [0.717, 1.165) is 16.8 Å². The zero-order valence-electron chi connectivity index (χ0n) is 15.5. The minimum absolute atomic E-state index is 0. The van der Waals surface area contributed by atoms with Gasteiger partial charge in [-0.1, -0.05) is 35.5 Å².